The molecular formula is C53H68O10. The van der Waals surface area contributed by atoms with Crippen LogP contribution in [-0.2, 0) is 60.6 Å². The summed E-state index contributed by atoms with van der Waals surface area (Å²) < 4.78 is 68.4. The summed E-state index contributed by atoms with van der Waals surface area (Å²) in [6, 6.07) is 30.7. The summed E-state index contributed by atoms with van der Waals surface area (Å²) in [6.07, 6.45) is 4.98. The van der Waals surface area contributed by atoms with Gasteiger partial charge < -0.3 is 47.4 Å². The second kappa shape index (κ2) is 18.6. The van der Waals surface area contributed by atoms with Crippen LogP contribution in [0.5, 0.6) is 0 Å². The van der Waals surface area contributed by atoms with Crippen LogP contribution in [0.15, 0.2) is 116 Å². The van der Waals surface area contributed by atoms with E-state index in [9.17, 15) is 0 Å². The third-order valence-corrected chi connectivity index (χ3v) is 14.9. The quantitative estimate of drug-likeness (QED) is 0.122. The molecule has 0 radical (unpaired) electrons. The molecule has 3 aromatic rings. The molecule has 3 aromatic carbocycles. The molecule has 0 amide bonds. The molecule has 0 saturated carbocycles. The largest absolute Gasteiger partial charge is 0.377 e. The molecule has 0 aliphatic carbocycles. The molecule has 10 heteroatoms. The lowest BCUT2D eigenvalue weighted by Gasteiger charge is -2.59. The first-order chi connectivity index (χ1) is 30.4. The second-order valence-corrected chi connectivity index (χ2v) is 19.7. The maximum atomic E-state index is 7.31. The molecule has 63 heavy (non-hydrogen) atoms. The number of hydrogen-bond donors (Lipinski definition) is 0. The molecule has 6 aliphatic heterocycles. The highest BCUT2D eigenvalue weighted by Crippen LogP contribution is 2.51. The van der Waals surface area contributed by atoms with E-state index in [1.54, 1.807) is 0 Å². The van der Waals surface area contributed by atoms with Crippen molar-refractivity contribution in [2.24, 2.45) is 5.92 Å². The first-order valence-corrected chi connectivity index (χ1v) is 23.3. The van der Waals surface area contributed by atoms with Crippen LogP contribution >= 0.6 is 0 Å². The van der Waals surface area contributed by atoms with Crippen LogP contribution in [0.3, 0.4) is 0 Å². The normalized spacial score (nSPS) is 42.4. The highest BCUT2D eigenvalue weighted by atomic mass is 16.7. The third-order valence-electron chi connectivity index (χ3n) is 14.9. The van der Waals surface area contributed by atoms with Gasteiger partial charge in [-0.2, -0.15) is 0 Å². The Hall–Kier alpha value is -3.26. The van der Waals surface area contributed by atoms with Gasteiger partial charge in [0.1, 0.15) is 17.8 Å². The second-order valence-electron chi connectivity index (χ2n) is 19.7. The van der Waals surface area contributed by atoms with E-state index in [4.69, 9.17) is 47.4 Å². The molecule has 0 unspecified atom stereocenters. The lowest BCUT2D eigenvalue weighted by atomic mass is 9.73. The van der Waals surface area contributed by atoms with Gasteiger partial charge in [-0.3, -0.25) is 0 Å². The summed E-state index contributed by atoms with van der Waals surface area (Å²) in [7, 11) is 0. The van der Waals surface area contributed by atoms with E-state index in [2.05, 4.69) is 72.0 Å². The van der Waals surface area contributed by atoms with E-state index < -0.39 is 28.7 Å². The Bertz CT molecular complexity index is 1980. The predicted molar refractivity (Wildman–Crippen MR) is 239 cm³/mol. The lowest BCUT2D eigenvalue weighted by molar-refractivity contribution is -0.348. The molecule has 6 saturated heterocycles. The molecule has 0 spiro atoms. The number of benzene rings is 3. The van der Waals surface area contributed by atoms with Crippen molar-refractivity contribution in [3.63, 3.8) is 0 Å². The summed E-state index contributed by atoms with van der Waals surface area (Å²) in [6.45, 7) is 21.4. The van der Waals surface area contributed by atoms with Crippen LogP contribution in [0, 0.1) is 5.92 Å². The van der Waals surface area contributed by atoms with E-state index in [0.29, 0.717) is 52.1 Å². The molecule has 0 aromatic heterocycles. The SMILES string of the molecule is C=C[C@@H]1O[C@@H]2C[C@]3(C)O[C@@H]4CO[C@@H](c5ccccc5)O[C@H]4C[C@H]3O[C@H]2C[C@@H](C)[C@H]1O[C@H]1C[C@H]2O[C@@](C)(CCOCc3ccccc3)[C@H](OCc3ccccc3)C[C@]2(C)O[C@]1(C)C=C. The summed E-state index contributed by atoms with van der Waals surface area (Å²) in [4.78, 5) is 0. The maximum Gasteiger partial charge on any atom is 0.184 e. The van der Waals surface area contributed by atoms with Crippen molar-refractivity contribution in [3.8, 4) is 0 Å². The standard InChI is InChI=1S/C53H68O10/c1-8-39-48(35(3)27-40-42(57-39)30-52(6)44(58-40)28-41-43(61-52)34-56-49(59-41)38-23-17-12-18-24-38)60-45-29-46-53(7,63-50(45,4)9-2)31-47(55-33-37-21-15-11-16-22-37)51(5,62-46)25-26-54-32-36-19-13-10-14-20-36/h8-24,35,39-49H,1-2,25-34H2,3-7H3/t35-,39+,40+,41+,42-,43-,44-,45+,46-,47-,48-,49-,50-,51+,52+,53+/m1/s1. The minimum atomic E-state index is -0.821. The molecule has 6 aliphatic rings. The van der Waals surface area contributed by atoms with Crippen LogP contribution in [-0.4, -0.2) is 96.7 Å². The molecule has 9 rings (SSSR count). The fourth-order valence-corrected chi connectivity index (χ4v) is 11.1. The Labute approximate surface area is 374 Å². The van der Waals surface area contributed by atoms with Gasteiger partial charge in [0.15, 0.2) is 6.29 Å². The molecular weight excluding hydrogens is 797 g/mol. The number of rotatable bonds is 13. The highest BCUT2D eigenvalue weighted by Gasteiger charge is 2.61. The number of ether oxygens (including phenoxy) is 10. The Balaban J connectivity index is 0.896. The van der Waals surface area contributed by atoms with E-state index in [1.165, 1.54) is 0 Å². The highest BCUT2D eigenvalue weighted by molar-refractivity contribution is 5.19. The van der Waals surface area contributed by atoms with Gasteiger partial charge in [0.2, 0.25) is 0 Å². The number of hydrogen-bond acceptors (Lipinski definition) is 10. The Morgan fingerprint density at radius 2 is 1.37 bits per heavy atom. The summed E-state index contributed by atoms with van der Waals surface area (Å²) in [5.41, 5.74) is 0.564. The zero-order valence-corrected chi connectivity index (χ0v) is 37.8. The summed E-state index contributed by atoms with van der Waals surface area (Å²) >= 11 is 0. The van der Waals surface area contributed by atoms with Gasteiger partial charge in [-0.25, -0.2) is 0 Å². The van der Waals surface area contributed by atoms with Crippen LogP contribution in [0.1, 0.15) is 96.1 Å². The minimum Gasteiger partial charge on any atom is -0.377 e. The van der Waals surface area contributed by atoms with E-state index in [-0.39, 0.29) is 67.0 Å². The number of fused-ring (bicyclic) bond motifs is 4. The van der Waals surface area contributed by atoms with Gasteiger partial charge in [-0.1, -0.05) is 110 Å². The van der Waals surface area contributed by atoms with Crippen molar-refractivity contribution in [2.75, 3.05) is 13.2 Å². The molecule has 6 heterocycles. The predicted octanol–water partition coefficient (Wildman–Crippen LogP) is 9.40. The third kappa shape index (κ3) is 9.41. The Morgan fingerprint density at radius 3 is 2.06 bits per heavy atom. The van der Waals surface area contributed by atoms with E-state index >= 15 is 0 Å². The average molecular weight is 865 g/mol. The summed E-state index contributed by atoms with van der Waals surface area (Å²) in [5, 5.41) is 0. The van der Waals surface area contributed by atoms with Crippen molar-refractivity contribution in [2.45, 2.75) is 176 Å². The molecule has 340 valence electrons. The van der Waals surface area contributed by atoms with Crippen molar-refractivity contribution in [1.82, 2.24) is 0 Å². The van der Waals surface area contributed by atoms with Gasteiger partial charge in [-0.05, 0) is 51.2 Å². The van der Waals surface area contributed by atoms with Crippen molar-refractivity contribution >= 4 is 0 Å². The average Bonchev–Trinajstić information content (AvgIpc) is 3.41. The van der Waals surface area contributed by atoms with E-state index in [0.717, 1.165) is 29.5 Å². The Morgan fingerprint density at radius 1 is 0.683 bits per heavy atom. The first kappa shape index (κ1) is 44.9. The van der Waals surface area contributed by atoms with Crippen molar-refractivity contribution < 1.29 is 47.4 Å². The minimum absolute atomic E-state index is 0.0730. The van der Waals surface area contributed by atoms with Crippen LogP contribution in [0.25, 0.3) is 0 Å². The van der Waals surface area contributed by atoms with Crippen LogP contribution < -0.4 is 0 Å². The van der Waals surface area contributed by atoms with Crippen molar-refractivity contribution in [3.05, 3.63) is 133 Å². The lowest BCUT2D eigenvalue weighted by Crippen LogP contribution is -2.69. The van der Waals surface area contributed by atoms with Crippen LogP contribution in [0.4, 0.5) is 0 Å². The van der Waals surface area contributed by atoms with Gasteiger partial charge >= 0.3 is 0 Å². The first-order valence-electron chi connectivity index (χ1n) is 23.3. The zero-order chi connectivity index (χ0) is 43.8. The zero-order valence-electron chi connectivity index (χ0n) is 37.8. The fourth-order valence-electron chi connectivity index (χ4n) is 11.1. The van der Waals surface area contributed by atoms with Crippen molar-refractivity contribution in [1.29, 1.82) is 0 Å². The van der Waals surface area contributed by atoms with Crippen LogP contribution in [0.2, 0.25) is 0 Å². The topological polar surface area (TPSA) is 92.3 Å². The summed E-state index contributed by atoms with van der Waals surface area (Å²) in [5.74, 6) is 0.0730. The van der Waals surface area contributed by atoms with E-state index in [1.807, 2.05) is 78.9 Å². The smallest absolute Gasteiger partial charge is 0.184 e. The fraction of sp³-hybridized carbons (Fsp3) is 0.585. The maximum absolute atomic E-state index is 7.31. The van der Waals surface area contributed by atoms with Gasteiger partial charge in [0.25, 0.3) is 0 Å². The Kier molecular flexibility index (Phi) is 13.2. The molecule has 10 nitrogen and oxygen atoms in total. The van der Waals surface area contributed by atoms with Gasteiger partial charge in [0.05, 0.1) is 85.5 Å². The molecule has 6 fully saturated rings. The monoisotopic (exact) mass is 864 g/mol. The molecule has 0 bridgehead atoms. The molecule has 0 N–H and O–H groups in total. The van der Waals surface area contributed by atoms with Gasteiger partial charge in [0, 0.05) is 44.3 Å². The molecule has 16 atom stereocenters. The van der Waals surface area contributed by atoms with Gasteiger partial charge in [-0.15, -0.1) is 13.2 Å².